The second kappa shape index (κ2) is 6.21. The van der Waals surface area contributed by atoms with Crippen molar-refractivity contribution >= 4 is 5.91 Å². The molecule has 1 atom stereocenters. The lowest BCUT2D eigenvalue weighted by molar-refractivity contribution is -0.134. The maximum absolute atomic E-state index is 11.6. The fraction of sp³-hybridized carbons (Fsp3) is 0.917. The topological polar surface area (TPSA) is 49.6 Å². The molecule has 1 aliphatic rings. The van der Waals surface area contributed by atoms with E-state index in [9.17, 15) is 4.79 Å². The minimum absolute atomic E-state index is 0.189. The minimum atomic E-state index is 0.189. The number of carbonyl (C=O) groups is 1. The Bertz CT molecular complexity index is 228. The van der Waals surface area contributed by atoms with E-state index in [1.54, 1.807) is 6.92 Å². The standard InChI is InChI=1S/C12H25N3O/c1-10(2)15(11(3)16)12-5-4-7-14(9-12)8-6-13/h10,12H,4-9,13H2,1-3H3/t12-/m1/s1. The van der Waals surface area contributed by atoms with Crippen LogP contribution in [-0.2, 0) is 4.79 Å². The Morgan fingerprint density at radius 1 is 1.56 bits per heavy atom. The molecule has 1 heterocycles. The molecule has 0 radical (unpaired) electrons. The van der Waals surface area contributed by atoms with Crippen LogP contribution in [0.15, 0.2) is 0 Å². The second-order valence-corrected chi connectivity index (χ2v) is 4.91. The molecule has 0 aromatic carbocycles. The van der Waals surface area contributed by atoms with Crippen molar-refractivity contribution in [3.8, 4) is 0 Å². The van der Waals surface area contributed by atoms with Crippen molar-refractivity contribution < 1.29 is 4.79 Å². The van der Waals surface area contributed by atoms with Gasteiger partial charge in [-0.3, -0.25) is 4.79 Å². The van der Waals surface area contributed by atoms with Crippen molar-refractivity contribution in [3.63, 3.8) is 0 Å². The van der Waals surface area contributed by atoms with E-state index < -0.39 is 0 Å². The van der Waals surface area contributed by atoms with Gasteiger partial charge in [0.1, 0.15) is 0 Å². The van der Waals surface area contributed by atoms with Crippen molar-refractivity contribution in [2.24, 2.45) is 5.73 Å². The number of piperidine rings is 1. The lowest BCUT2D eigenvalue weighted by Crippen LogP contribution is -2.52. The van der Waals surface area contributed by atoms with Crippen LogP contribution < -0.4 is 5.73 Å². The molecule has 4 heteroatoms. The Morgan fingerprint density at radius 3 is 2.75 bits per heavy atom. The number of carbonyl (C=O) groups excluding carboxylic acids is 1. The fourth-order valence-corrected chi connectivity index (χ4v) is 2.69. The van der Waals surface area contributed by atoms with Gasteiger partial charge in [-0.25, -0.2) is 0 Å². The third kappa shape index (κ3) is 3.46. The van der Waals surface area contributed by atoms with Crippen molar-refractivity contribution in [1.82, 2.24) is 9.80 Å². The molecular formula is C12H25N3O. The molecule has 1 amide bonds. The zero-order chi connectivity index (χ0) is 12.1. The first kappa shape index (κ1) is 13.5. The van der Waals surface area contributed by atoms with Crippen LogP contribution in [0, 0.1) is 0 Å². The Balaban J connectivity index is 2.59. The fourth-order valence-electron chi connectivity index (χ4n) is 2.69. The molecule has 4 nitrogen and oxygen atoms in total. The van der Waals surface area contributed by atoms with E-state index in [-0.39, 0.29) is 5.91 Å². The van der Waals surface area contributed by atoms with Crippen molar-refractivity contribution in [1.29, 1.82) is 0 Å². The van der Waals surface area contributed by atoms with E-state index in [2.05, 4.69) is 18.7 Å². The molecule has 94 valence electrons. The third-order valence-corrected chi connectivity index (χ3v) is 3.24. The predicted octanol–water partition coefficient (Wildman–Crippen LogP) is 0.666. The molecule has 1 saturated heterocycles. The number of hydrogen-bond acceptors (Lipinski definition) is 3. The summed E-state index contributed by atoms with van der Waals surface area (Å²) in [6.45, 7) is 9.59. The number of rotatable bonds is 4. The zero-order valence-electron chi connectivity index (χ0n) is 10.8. The summed E-state index contributed by atoms with van der Waals surface area (Å²) in [5, 5.41) is 0. The summed E-state index contributed by atoms with van der Waals surface area (Å²) in [6.07, 6.45) is 2.29. The quantitative estimate of drug-likeness (QED) is 0.768. The number of amides is 1. The summed E-state index contributed by atoms with van der Waals surface area (Å²) in [5.41, 5.74) is 5.58. The van der Waals surface area contributed by atoms with Crippen LogP contribution >= 0.6 is 0 Å². The molecule has 0 bridgehead atoms. The van der Waals surface area contributed by atoms with E-state index in [4.69, 9.17) is 5.73 Å². The van der Waals surface area contributed by atoms with Crippen LogP contribution in [0.1, 0.15) is 33.6 Å². The van der Waals surface area contributed by atoms with Gasteiger partial charge in [0.05, 0.1) is 0 Å². The highest BCUT2D eigenvalue weighted by atomic mass is 16.2. The van der Waals surface area contributed by atoms with Crippen molar-refractivity contribution in [3.05, 3.63) is 0 Å². The summed E-state index contributed by atoms with van der Waals surface area (Å²) >= 11 is 0. The van der Waals surface area contributed by atoms with Gasteiger partial charge in [-0.1, -0.05) is 0 Å². The molecule has 1 aliphatic heterocycles. The number of likely N-dealkylation sites (tertiary alicyclic amines) is 1. The van der Waals surface area contributed by atoms with E-state index in [0.29, 0.717) is 18.6 Å². The van der Waals surface area contributed by atoms with E-state index in [1.165, 1.54) is 6.42 Å². The molecule has 0 saturated carbocycles. The highest BCUT2D eigenvalue weighted by Gasteiger charge is 2.28. The van der Waals surface area contributed by atoms with Crippen LogP contribution in [0.4, 0.5) is 0 Å². The molecule has 0 aliphatic carbocycles. The molecule has 16 heavy (non-hydrogen) atoms. The monoisotopic (exact) mass is 227 g/mol. The highest BCUT2D eigenvalue weighted by molar-refractivity contribution is 5.74. The predicted molar refractivity (Wildman–Crippen MR) is 66.2 cm³/mol. The molecule has 0 unspecified atom stereocenters. The van der Waals surface area contributed by atoms with Gasteiger partial charge in [-0.2, -0.15) is 0 Å². The van der Waals surface area contributed by atoms with Crippen LogP contribution in [0.3, 0.4) is 0 Å². The Morgan fingerprint density at radius 2 is 2.25 bits per heavy atom. The van der Waals surface area contributed by atoms with Gasteiger partial charge in [0.25, 0.3) is 0 Å². The average Bonchev–Trinajstić information content (AvgIpc) is 2.17. The molecule has 1 rings (SSSR count). The molecule has 0 aromatic heterocycles. The lowest BCUT2D eigenvalue weighted by atomic mass is 10.0. The number of nitrogens with zero attached hydrogens (tertiary/aromatic N) is 2. The summed E-state index contributed by atoms with van der Waals surface area (Å²) in [4.78, 5) is 16.0. The number of hydrogen-bond donors (Lipinski definition) is 1. The molecule has 2 N–H and O–H groups in total. The minimum Gasteiger partial charge on any atom is -0.336 e. The first-order valence-corrected chi connectivity index (χ1v) is 6.27. The van der Waals surface area contributed by atoms with Crippen LogP contribution in [0.25, 0.3) is 0 Å². The molecule has 0 spiro atoms. The van der Waals surface area contributed by atoms with E-state index in [1.807, 2.05) is 4.90 Å². The SMILES string of the molecule is CC(=O)N(C(C)C)[C@@H]1CCCN(CCN)C1. The maximum Gasteiger partial charge on any atom is 0.219 e. The average molecular weight is 227 g/mol. The Kier molecular flexibility index (Phi) is 5.22. The first-order chi connectivity index (χ1) is 7.56. The second-order valence-electron chi connectivity index (χ2n) is 4.91. The summed E-state index contributed by atoms with van der Waals surface area (Å²) in [5.74, 6) is 0.189. The normalized spacial score (nSPS) is 22.4. The smallest absolute Gasteiger partial charge is 0.219 e. The summed E-state index contributed by atoms with van der Waals surface area (Å²) in [6, 6.07) is 0.665. The Labute approximate surface area is 98.8 Å². The lowest BCUT2D eigenvalue weighted by Gasteiger charge is -2.41. The van der Waals surface area contributed by atoms with Gasteiger partial charge in [0.2, 0.25) is 5.91 Å². The third-order valence-electron chi connectivity index (χ3n) is 3.24. The van der Waals surface area contributed by atoms with Crippen LogP contribution in [0.5, 0.6) is 0 Å². The summed E-state index contributed by atoms with van der Waals surface area (Å²) in [7, 11) is 0. The molecule has 0 aromatic rings. The van der Waals surface area contributed by atoms with Gasteiger partial charge in [-0.05, 0) is 33.2 Å². The van der Waals surface area contributed by atoms with Gasteiger partial charge in [-0.15, -0.1) is 0 Å². The molecule has 1 fully saturated rings. The van der Waals surface area contributed by atoms with Crippen LogP contribution in [0.2, 0.25) is 0 Å². The van der Waals surface area contributed by atoms with E-state index in [0.717, 1.165) is 26.1 Å². The van der Waals surface area contributed by atoms with Crippen molar-refractivity contribution in [2.75, 3.05) is 26.2 Å². The van der Waals surface area contributed by atoms with Gasteiger partial charge in [0.15, 0.2) is 0 Å². The maximum atomic E-state index is 11.6. The number of nitrogens with two attached hydrogens (primary N) is 1. The van der Waals surface area contributed by atoms with Crippen LogP contribution in [-0.4, -0.2) is 54.0 Å². The molecular weight excluding hydrogens is 202 g/mol. The Hall–Kier alpha value is -0.610. The first-order valence-electron chi connectivity index (χ1n) is 6.27. The highest BCUT2D eigenvalue weighted by Crippen LogP contribution is 2.18. The largest absolute Gasteiger partial charge is 0.336 e. The van der Waals surface area contributed by atoms with Crippen molar-refractivity contribution in [2.45, 2.75) is 45.7 Å². The zero-order valence-corrected chi connectivity index (χ0v) is 10.8. The van der Waals surface area contributed by atoms with E-state index >= 15 is 0 Å². The van der Waals surface area contributed by atoms with Gasteiger partial charge in [0, 0.05) is 38.6 Å². The van der Waals surface area contributed by atoms with Gasteiger partial charge < -0.3 is 15.5 Å². The summed E-state index contributed by atoms with van der Waals surface area (Å²) < 4.78 is 0. The van der Waals surface area contributed by atoms with Gasteiger partial charge >= 0.3 is 0 Å².